The Balaban J connectivity index is 1.92. The SMILES string of the molecule is CC(C)(C)C(=O)Nc1ccc(NCc2ccncc2)cn1. The van der Waals surface area contributed by atoms with Crippen LogP contribution >= 0.6 is 0 Å². The fourth-order valence-corrected chi connectivity index (χ4v) is 1.58. The fourth-order valence-electron chi connectivity index (χ4n) is 1.58. The Kier molecular flexibility index (Phi) is 4.52. The number of nitrogens with zero attached hydrogens (tertiary/aromatic N) is 2. The maximum atomic E-state index is 11.9. The summed E-state index contributed by atoms with van der Waals surface area (Å²) in [4.78, 5) is 20.1. The van der Waals surface area contributed by atoms with E-state index in [1.165, 1.54) is 0 Å². The summed E-state index contributed by atoms with van der Waals surface area (Å²) in [5, 5.41) is 6.07. The lowest BCUT2D eigenvalue weighted by Crippen LogP contribution is -2.27. The molecule has 0 saturated heterocycles. The summed E-state index contributed by atoms with van der Waals surface area (Å²) >= 11 is 0. The van der Waals surface area contributed by atoms with Crippen molar-refractivity contribution >= 4 is 17.4 Å². The van der Waals surface area contributed by atoms with Gasteiger partial charge in [-0.15, -0.1) is 0 Å². The summed E-state index contributed by atoms with van der Waals surface area (Å²) in [6.45, 7) is 6.31. The number of pyridine rings is 2. The van der Waals surface area contributed by atoms with Crippen LogP contribution < -0.4 is 10.6 Å². The van der Waals surface area contributed by atoms with Gasteiger partial charge in [0, 0.05) is 24.4 Å². The van der Waals surface area contributed by atoms with E-state index in [2.05, 4.69) is 20.6 Å². The third-order valence-corrected chi connectivity index (χ3v) is 2.93. The van der Waals surface area contributed by atoms with E-state index in [4.69, 9.17) is 0 Å². The lowest BCUT2D eigenvalue weighted by molar-refractivity contribution is -0.123. The number of nitrogens with one attached hydrogen (secondary N) is 2. The molecule has 0 radical (unpaired) electrons. The molecule has 0 aliphatic heterocycles. The lowest BCUT2D eigenvalue weighted by Gasteiger charge is -2.17. The van der Waals surface area contributed by atoms with Gasteiger partial charge in [-0.3, -0.25) is 9.78 Å². The Bertz CT molecular complexity index is 588. The second-order valence-corrected chi connectivity index (χ2v) is 5.85. The van der Waals surface area contributed by atoms with Gasteiger partial charge >= 0.3 is 0 Å². The minimum atomic E-state index is -0.431. The molecule has 1 amide bonds. The minimum absolute atomic E-state index is 0.0486. The van der Waals surface area contributed by atoms with Gasteiger partial charge in [-0.25, -0.2) is 4.98 Å². The molecular formula is C16H20N4O. The molecule has 21 heavy (non-hydrogen) atoms. The van der Waals surface area contributed by atoms with Crippen molar-refractivity contribution in [2.75, 3.05) is 10.6 Å². The van der Waals surface area contributed by atoms with Crippen LogP contribution in [0.4, 0.5) is 11.5 Å². The summed E-state index contributed by atoms with van der Waals surface area (Å²) in [5.74, 6) is 0.511. The fraction of sp³-hybridized carbons (Fsp3) is 0.312. The summed E-state index contributed by atoms with van der Waals surface area (Å²) in [5.41, 5.74) is 1.62. The van der Waals surface area contributed by atoms with Crippen molar-refractivity contribution < 1.29 is 4.79 Å². The predicted molar refractivity (Wildman–Crippen MR) is 83.9 cm³/mol. The zero-order valence-electron chi connectivity index (χ0n) is 12.6. The highest BCUT2D eigenvalue weighted by Crippen LogP contribution is 2.17. The number of hydrogen-bond acceptors (Lipinski definition) is 4. The number of carbonyl (C=O) groups excluding carboxylic acids is 1. The Morgan fingerprint density at radius 2 is 1.86 bits per heavy atom. The predicted octanol–water partition coefficient (Wildman–Crippen LogP) is 3.07. The van der Waals surface area contributed by atoms with Gasteiger partial charge in [-0.05, 0) is 29.8 Å². The van der Waals surface area contributed by atoms with Crippen LogP contribution in [0, 0.1) is 5.41 Å². The van der Waals surface area contributed by atoms with Crippen molar-refractivity contribution in [3.63, 3.8) is 0 Å². The van der Waals surface area contributed by atoms with Gasteiger partial charge in [-0.1, -0.05) is 20.8 Å². The van der Waals surface area contributed by atoms with Gasteiger partial charge in [0.05, 0.1) is 11.9 Å². The average Bonchev–Trinajstić information content (AvgIpc) is 2.46. The highest BCUT2D eigenvalue weighted by molar-refractivity contribution is 5.93. The van der Waals surface area contributed by atoms with E-state index in [-0.39, 0.29) is 5.91 Å². The Morgan fingerprint density at radius 1 is 1.14 bits per heavy atom. The van der Waals surface area contributed by atoms with Gasteiger partial charge < -0.3 is 10.6 Å². The summed E-state index contributed by atoms with van der Waals surface area (Å²) in [6, 6.07) is 7.60. The quantitative estimate of drug-likeness (QED) is 0.905. The highest BCUT2D eigenvalue weighted by atomic mass is 16.2. The van der Waals surface area contributed by atoms with Crippen LogP contribution in [0.1, 0.15) is 26.3 Å². The molecule has 0 spiro atoms. The third-order valence-electron chi connectivity index (χ3n) is 2.93. The zero-order valence-corrected chi connectivity index (χ0v) is 12.6. The van der Waals surface area contributed by atoms with E-state index in [1.807, 2.05) is 39.0 Å². The van der Waals surface area contributed by atoms with Crippen LogP contribution in [0.5, 0.6) is 0 Å². The first-order chi connectivity index (χ1) is 9.95. The standard InChI is InChI=1S/C16H20N4O/c1-16(2,3)15(21)20-14-5-4-13(11-19-14)18-10-12-6-8-17-9-7-12/h4-9,11,18H,10H2,1-3H3,(H,19,20,21). The molecule has 110 valence electrons. The molecule has 5 heteroatoms. The molecule has 0 aliphatic carbocycles. The molecule has 0 atom stereocenters. The first-order valence-corrected chi connectivity index (χ1v) is 6.85. The number of rotatable bonds is 4. The van der Waals surface area contributed by atoms with Crippen molar-refractivity contribution in [3.8, 4) is 0 Å². The van der Waals surface area contributed by atoms with Crippen molar-refractivity contribution in [1.82, 2.24) is 9.97 Å². The van der Waals surface area contributed by atoms with Crippen LogP contribution in [0.25, 0.3) is 0 Å². The van der Waals surface area contributed by atoms with Gasteiger partial charge in [-0.2, -0.15) is 0 Å². The molecule has 2 N–H and O–H groups in total. The molecule has 0 fully saturated rings. The number of carbonyl (C=O) groups is 1. The van der Waals surface area contributed by atoms with Crippen LogP contribution in [0.15, 0.2) is 42.9 Å². The number of aromatic nitrogens is 2. The van der Waals surface area contributed by atoms with Gasteiger partial charge in [0.1, 0.15) is 5.82 Å². The molecule has 2 aromatic heterocycles. The first-order valence-electron chi connectivity index (χ1n) is 6.85. The molecule has 2 aromatic rings. The topological polar surface area (TPSA) is 66.9 Å². The van der Waals surface area contributed by atoms with Crippen molar-refractivity contribution in [2.45, 2.75) is 27.3 Å². The second kappa shape index (κ2) is 6.35. The number of hydrogen-bond donors (Lipinski definition) is 2. The lowest BCUT2D eigenvalue weighted by atomic mass is 9.96. The van der Waals surface area contributed by atoms with E-state index in [1.54, 1.807) is 24.7 Å². The average molecular weight is 284 g/mol. The monoisotopic (exact) mass is 284 g/mol. The van der Waals surface area contributed by atoms with Crippen molar-refractivity contribution in [3.05, 3.63) is 48.4 Å². The number of anilines is 2. The maximum Gasteiger partial charge on any atom is 0.230 e. The normalized spacial score (nSPS) is 11.0. The van der Waals surface area contributed by atoms with E-state index >= 15 is 0 Å². The Labute approximate surface area is 124 Å². The molecular weight excluding hydrogens is 264 g/mol. The molecule has 0 aromatic carbocycles. The van der Waals surface area contributed by atoms with Gasteiger partial charge in [0.2, 0.25) is 5.91 Å². The summed E-state index contributed by atoms with van der Waals surface area (Å²) in [6.07, 6.45) is 5.24. The van der Waals surface area contributed by atoms with E-state index in [9.17, 15) is 4.79 Å². The smallest absolute Gasteiger partial charge is 0.230 e. The van der Waals surface area contributed by atoms with E-state index in [0.717, 1.165) is 11.3 Å². The zero-order chi connectivity index (χ0) is 15.3. The third kappa shape index (κ3) is 4.56. The van der Waals surface area contributed by atoms with E-state index < -0.39 is 5.41 Å². The van der Waals surface area contributed by atoms with Crippen LogP contribution in [-0.2, 0) is 11.3 Å². The minimum Gasteiger partial charge on any atom is -0.380 e. The molecule has 0 saturated carbocycles. The maximum absolute atomic E-state index is 11.9. The van der Waals surface area contributed by atoms with Crippen LogP contribution in [-0.4, -0.2) is 15.9 Å². The Morgan fingerprint density at radius 3 is 2.43 bits per heavy atom. The summed E-state index contributed by atoms with van der Waals surface area (Å²) < 4.78 is 0. The van der Waals surface area contributed by atoms with Gasteiger partial charge in [0.25, 0.3) is 0 Å². The Hall–Kier alpha value is -2.43. The molecule has 0 unspecified atom stereocenters. The van der Waals surface area contributed by atoms with Gasteiger partial charge in [0.15, 0.2) is 0 Å². The molecule has 5 nitrogen and oxygen atoms in total. The summed E-state index contributed by atoms with van der Waals surface area (Å²) in [7, 11) is 0. The molecule has 2 rings (SSSR count). The second-order valence-electron chi connectivity index (χ2n) is 5.85. The first kappa shape index (κ1) is 15.0. The molecule has 0 aliphatic rings. The van der Waals surface area contributed by atoms with Crippen LogP contribution in [0.2, 0.25) is 0 Å². The molecule has 0 bridgehead atoms. The highest BCUT2D eigenvalue weighted by Gasteiger charge is 2.21. The van der Waals surface area contributed by atoms with E-state index in [0.29, 0.717) is 12.4 Å². The van der Waals surface area contributed by atoms with Crippen molar-refractivity contribution in [2.24, 2.45) is 5.41 Å². The number of amides is 1. The largest absolute Gasteiger partial charge is 0.380 e. The van der Waals surface area contributed by atoms with Crippen LogP contribution in [0.3, 0.4) is 0 Å². The molecule has 2 heterocycles. The van der Waals surface area contributed by atoms with Crippen molar-refractivity contribution in [1.29, 1.82) is 0 Å².